The molecule has 0 aliphatic heterocycles. The number of ether oxygens (including phenoxy) is 1. The zero-order chi connectivity index (χ0) is 11.3. The van der Waals surface area contributed by atoms with Gasteiger partial charge in [0.05, 0.1) is 6.10 Å². The second kappa shape index (κ2) is 6.66. The Kier molecular flexibility index (Phi) is 5.87. The van der Waals surface area contributed by atoms with E-state index in [0.29, 0.717) is 12.0 Å². The van der Waals surface area contributed by atoms with Crippen LogP contribution in [-0.4, -0.2) is 18.5 Å². The second-order valence-electron chi connectivity index (χ2n) is 3.68. The Labute approximate surface area is 108 Å². The summed E-state index contributed by atoms with van der Waals surface area (Å²) >= 11 is 7.01. The monoisotopic (exact) mass is 334 g/mol. The Hall–Kier alpha value is 0.140. The first-order valence-corrected chi connectivity index (χ1v) is 6.93. The number of benzene rings is 1. The van der Waals surface area contributed by atoms with Crippen molar-refractivity contribution in [1.29, 1.82) is 0 Å². The fourth-order valence-electron chi connectivity index (χ4n) is 1.52. The molecule has 84 valence electrons. The molecule has 0 radical (unpaired) electrons. The SMILES string of the molecule is COC(C)CC(CBr)c1ccc(Br)cc1. The van der Waals surface area contributed by atoms with E-state index in [1.165, 1.54) is 5.56 Å². The van der Waals surface area contributed by atoms with Crippen LogP contribution in [0.2, 0.25) is 0 Å². The molecule has 0 amide bonds. The van der Waals surface area contributed by atoms with Gasteiger partial charge in [-0.05, 0) is 37.0 Å². The number of hydrogen-bond acceptors (Lipinski definition) is 1. The fourth-order valence-corrected chi connectivity index (χ4v) is 2.42. The van der Waals surface area contributed by atoms with Gasteiger partial charge >= 0.3 is 0 Å². The molecule has 0 bridgehead atoms. The number of hydrogen-bond donors (Lipinski definition) is 0. The van der Waals surface area contributed by atoms with Gasteiger partial charge in [-0.15, -0.1) is 0 Å². The van der Waals surface area contributed by atoms with Gasteiger partial charge in [-0.25, -0.2) is 0 Å². The lowest BCUT2D eigenvalue weighted by Gasteiger charge is -2.18. The summed E-state index contributed by atoms with van der Waals surface area (Å²) in [7, 11) is 1.76. The predicted octanol–water partition coefficient (Wildman–Crippen LogP) is 4.35. The molecule has 15 heavy (non-hydrogen) atoms. The summed E-state index contributed by atoms with van der Waals surface area (Å²) < 4.78 is 6.42. The van der Waals surface area contributed by atoms with E-state index in [9.17, 15) is 0 Å². The Balaban J connectivity index is 2.69. The van der Waals surface area contributed by atoms with Crippen molar-refractivity contribution in [3.05, 3.63) is 34.3 Å². The van der Waals surface area contributed by atoms with Crippen molar-refractivity contribution in [2.45, 2.75) is 25.4 Å². The molecule has 2 atom stereocenters. The van der Waals surface area contributed by atoms with Crippen LogP contribution < -0.4 is 0 Å². The van der Waals surface area contributed by atoms with E-state index in [1.807, 2.05) is 0 Å². The highest BCUT2D eigenvalue weighted by Gasteiger charge is 2.13. The van der Waals surface area contributed by atoms with Crippen LogP contribution in [0.25, 0.3) is 0 Å². The Bertz CT molecular complexity index is 284. The fraction of sp³-hybridized carbons (Fsp3) is 0.500. The maximum absolute atomic E-state index is 5.30. The molecule has 0 aliphatic carbocycles. The molecule has 0 saturated heterocycles. The minimum atomic E-state index is 0.302. The maximum atomic E-state index is 5.30. The molecule has 0 saturated carbocycles. The molecule has 1 nitrogen and oxygen atoms in total. The van der Waals surface area contributed by atoms with Gasteiger partial charge in [0.2, 0.25) is 0 Å². The third kappa shape index (κ3) is 4.25. The molecule has 0 aromatic heterocycles. The second-order valence-corrected chi connectivity index (χ2v) is 5.25. The molecule has 0 N–H and O–H groups in total. The Morgan fingerprint density at radius 1 is 1.27 bits per heavy atom. The number of rotatable bonds is 5. The number of alkyl halides is 1. The van der Waals surface area contributed by atoms with E-state index in [-0.39, 0.29) is 0 Å². The van der Waals surface area contributed by atoms with E-state index in [2.05, 4.69) is 63.0 Å². The van der Waals surface area contributed by atoms with Crippen LogP contribution in [0, 0.1) is 0 Å². The van der Waals surface area contributed by atoms with Gasteiger partial charge in [-0.2, -0.15) is 0 Å². The van der Waals surface area contributed by atoms with Gasteiger partial charge in [0, 0.05) is 16.9 Å². The highest BCUT2D eigenvalue weighted by molar-refractivity contribution is 9.10. The van der Waals surface area contributed by atoms with Crippen LogP contribution in [0.15, 0.2) is 28.7 Å². The zero-order valence-corrected chi connectivity index (χ0v) is 12.2. The van der Waals surface area contributed by atoms with Gasteiger partial charge in [0.1, 0.15) is 0 Å². The quantitative estimate of drug-likeness (QED) is 0.727. The van der Waals surface area contributed by atoms with Crippen LogP contribution in [0.3, 0.4) is 0 Å². The molecule has 1 aromatic carbocycles. The minimum absolute atomic E-state index is 0.302. The molecule has 0 spiro atoms. The van der Waals surface area contributed by atoms with Crippen LogP contribution in [0.4, 0.5) is 0 Å². The van der Waals surface area contributed by atoms with Crippen LogP contribution in [0.5, 0.6) is 0 Å². The van der Waals surface area contributed by atoms with Crippen molar-refractivity contribution in [3.63, 3.8) is 0 Å². The third-order valence-electron chi connectivity index (χ3n) is 2.55. The lowest BCUT2D eigenvalue weighted by atomic mass is 9.95. The van der Waals surface area contributed by atoms with E-state index < -0.39 is 0 Å². The molecule has 0 fully saturated rings. The summed E-state index contributed by atoms with van der Waals surface area (Å²) in [5.41, 5.74) is 1.36. The van der Waals surface area contributed by atoms with Crippen molar-refractivity contribution in [1.82, 2.24) is 0 Å². The van der Waals surface area contributed by atoms with Gasteiger partial charge in [0.15, 0.2) is 0 Å². The number of halogens is 2. The normalized spacial score (nSPS) is 14.9. The molecular formula is C12H16Br2O. The highest BCUT2D eigenvalue weighted by Crippen LogP contribution is 2.25. The third-order valence-corrected chi connectivity index (χ3v) is 3.86. The maximum Gasteiger partial charge on any atom is 0.0549 e. The smallest absolute Gasteiger partial charge is 0.0549 e. The summed E-state index contributed by atoms with van der Waals surface area (Å²) in [5.74, 6) is 0.521. The summed E-state index contributed by atoms with van der Waals surface area (Å²) in [5, 5.41) is 0.975. The summed E-state index contributed by atoms with van der Waals surface area (Å²) in [6, 6.07) is 8.50. The first kappa shape index (κ1) is 13.2. The lowest BCUT2D eigenvalue weighted by Crippen LogP contribution is -2.12. The van der Waals surface area contributed by atoms with Crippen LogP contribution >= 0.6 is 31.9 Å². The summed E-state index contributed by atoms with van der Waals surface area (Å²) in [6.45, 7) is 2.11. The van der Waals surface area contributed by atoms with E-state index in [0.717, 1.165) is 16.2 Å². The van der Waals surface area contributed by atoms with Crippen molar-refractivity contribution >= 4 is 31.9 Å². The molecule has 1 rings (SSSR count). The topological polar surface area (TPSA) is 9.23 Å². The standard InChI is InChI=1S/C12H16Br2O/c1-9(15-2)7-11(8-13)10-3-5-12(14)6-4-10/h3-6,9,11H,7-8H2,1-2H3. The van der Waals surface area contributed by atoms with Crippen molar-refractivity contribution in [2.24, 2.45) is 0 Å². The van der Waals surface area contributed by atoms with Crippen LogP contribution in [-0.2, 0) is 4.74 Å². The van der Waals surface area contributed by atoms with Gasteiger partial charge in [-0.3, -0.25) is 0 Å². The van der Waals surface area contributed by atoms with Gasteiger partial charge in [-0.1, -0.05) is 44.0 Å². The Morgan fingerprint density at radius 3 is 2.33 bits per heavy atom. The highest BCUT2D eigenvalue weighted by atomic mass is 79.9. The summed E-state index contributed by atoms with van der Waals surface area (Å²) in [6.07, 6.45) is 1.35. The van der Waals surface area contributed by atoms with Gasteiger partial charge < -0.3 is 4.74 Å². The molecule has 3 heteroatoms. The van der Waals surface area contributed by atoms with Crippen molar-refractivity contribution in [3.8, 4) is 0 Å². The van der Waals surface area contributed by atoms with Gasteiger partial charge in [0.25, 0.3) is 0 Å². The molecule has 2 unspecified atom stereocenters. The van der Waals surface area contributed by atoms with E-state index >= 15 is 0 Å². The molecule has 1 aromatic rings. The van der Waals surface area contributed by atoms with E-state index in [1.54, 1.807) is 7.11 Å². The molecule has 0 aliphatic rings. The van der Waals surface area contributed by atoms with E-state index in [4.69, 9.17) is 4.74 Å². The Morgan fingerprint density at radius 2 is 1.87 bits per heavy atom. The van der Waals surface area contributed by atoms with Crippen molar-refractivity contribution < 1.29 is 4.74 Å². The first-order valence-electron chi connectivity index (χ1n) is 5.01. The molecule has 0 heterocycles. The predicted molar refractivity (Wildman–Crippen MR) is 71.8 cm³/mol. The minimum Gasteiger partial charge on any atom is -0.382 e. The largest absolute Gasteiger partial charge is 0.382 e. The zero-order valence-electron chi connectivity index (χ0n) is 9.04. The number of methoxy groups -OCH3 is 1. The average Bonchev–Trinajstić information content (AvgIpc) is 2.27. The molecular weight excluding hydrogens is 320 g/mol. The van der Waals surface area contributed by atoms with Crippen molar-refractivity contribution in [2.75, 3.05) is 12.4 Å². The first-order chi connectivity index (χ1) is 7.17. The average molecular weight is 336 g/mol. The van der Waals surface area contributed by atoms with Crippen LogP contribution in [0.1, 0.15) is 24.8 Å². The summed E-state index contributed by atoms with van der Waals surface area (Å²) in [4.78, 5) is 0. The lowest BCUT2D eigenvalue weighted by molar-refractivity contribution is 0.106.